The summed E-state index contributed by atoms with van der Waals surface area (Å²) in [5.74, 6) is -0.391. The van der Waals surface area contributed by atoms with Crippen molar-refractivity contribution in [3.63, 3.8) is 0 Å². The lowest BCUT2D eigenvalue weighted by molar-refractivity contribution is 0.0679. The number of aryl methyl sites for hydroxylation is 1. The quantitative estimate of drug-likeness (QED) is 0.362. The van der Waals surface area contributed by atoms with Gasteiger partial charge in [-0.05, 0) is 59.7 Å². The first-order valence-corrected chi connectivity index (χ1v) is 10.4. The Hall–Kier alpha value is -3.40. The third-order valence-electron chi connectivity index (χ3n) is 5.16. The lowest BCUT2D eigenvalue weighted by Crippen LogP contribution is -2.19. The summed E-state index contributed by atoms with van der Waals surface area (Å²) in [6.07, 6.45) is 0.622. The monoisotopic (exact) mass is 416 g/mol. The van der Waals surface area contributed by atoms with Crippen LogP contribution in [0.1, 0.15) is 65.1 Å². The minimum atomic E-state index is -0.492. The molecule has 0 unspecified atom stereocenters. The molecule has 0 aliphatic carbocycles. The molecule has 0 fully saturated rings. The van der Waals surface area contributed by atoms with Crippen molar-refractivity contribution in [1.29, 1.82) is 0 Å². The Morgan fingerprint density at radius 2 is 1.23 bits per heavy atom. The summed E-state index contributed by atoms with van der Waals surface area (Å²) < 4.78 is 11.7. The summed E-state index contributed by atoms with van der Waals surface area (Å²) in [5, 5.41) is 0. The predicted octanol–water partition coefficient (Wildman–Crippen LogP) is 6.29. The Balaban J connectivity index is 2.12. The molecule has 3 aromatic rings. The van der Waals surface area contributed by atoms with Gasteiger partial charge in [0.1, 0.15) is 0 Å². The largest absolute Gasteiger partial charge is 0.419 e. The van der Waals surface area contributed by atoms with Crippen LogP contribution in [0.2, 0.25) is 0 Å². The van der Waals surface area contributed by atoms with Crippen molar-refractivity contribution in [2.45, 2.75) is 46.5 Å². The number of esters is 2. The number of hydrogen-bond donors (Lipinski definition) is 0. The molecule has 4 heteroatoms. The van der Waals surface area contributed by atoms with Crippen LogP contribution in [-0.4, -0.2) is 11.9 Å². The van der Waals surface area contributed by atoms with Gasteiger partial charge in [0.15, 0.2) is 11.5 Å². The topological polar surface area (TPSA) is 52.6 Å². The Labute approximate surface area is 183 Å². The molecule has 0 amide bonds. The fourth-order valence-corrected chi connectivity index (χ4v) is 3.51. The summed E-state index contributed by atoms with van der Waals surface area (Å²) in [7, 11) is 0. The summed E-state index contributed by atoms with van der Waals surface area (Å²) in [6.45, 7) is 10.2. The van der Waals surface area contributed by atoms with E-state index in [-0.39, 0.29) is 5.41 Å². The van der Waals surface area contributed by atoms with Crippen molar-refractivity contribution in [2.75, 3.05) is 0 Å². The van der Waals surface area contributed by atoms with Crippen LogP contribution in [0.5, 0.6) is 11.5 Å². The van der Waals surface area contributed by atoms with Crippen LogP contribution >= 0.6 is 0 Å². The van der Waals surface area contributed by atoms with E-state index >= 15 is 0 Å². The van der Waals surface area contributed by atoms with Crippen LogP contribution in [0.4, 0.5) is 0 Å². The molecule has 31 heavy (non-hydrogen) atoms. The number of carbonyl (C=O) groups is 2. The van der Waals surface area contributed by atoms with E-state index in [0.717, 1.165) is 16.7 Å². The van der Waals surface area contributed by atoms with E-state index in [2.05, 4.69) is 20.8 Å². The molecule has 160 valence electrons. The molecule has 4 nitrogen and oxygen atoms in total. The van der Waals surface area contributed by atoms with Gasteiger partial charge < -0.3 is 9.47 Å². The van der Waals surface area contributed by atoms with Crippen LogP contribution in [0.15, 0.2) is 66.7 Å². The molecule has 0 heterocycles. The van der Waals surface area contributed by atoms with Crippen molar-refractivity contribution < 1.29 is 19.1 Å². The van der Waals surface area contributed by atoms with E-state index in [0.29, 0.717) is 29.0 Å². The number of ether oxygens (including phenoxy) is 2. The van der Waals surface area contributed by atoms with Gasteiger partial charge in [-0.15, -0.1) is 0 Å². The lowest BCUT2D eigenvalue weighted by Gasteiger charge is -2.26. The Bertz CT molecular complexity index is 1080. The first-order valence-electron chi connectivity index (χ1n) is 10.4. The highest BCUT2D eigenvalue weighted by molar-refractivity contribution is 5.93. The maximum Gasteiger partial charge on any atom is 0.343 e. The van der Waals surface area contributed by atoms with Gasteiger partial charge in [0.2, 0.25) is 0 Å². The fraction of sp³-hybridized carbons (Fsp3) is 0.259. The minimum Gasteiger partial charge on any atom is -0.419 e. The second-order valence-electron chi connectivity index (χ2n) is 8.48. The van der Waals surface area contributed by atoms with Gasteiger partial charge in [-0.3, -0.25) is 0 Å². The standard InChI is InChI=1S/C27H28O4/c1-6-19-17-22(27(3,4)5)18(2)23(30-25(28)20-13-9-7-10-14-20)24(19)31-26(29)21-15-11-8-12-16-21/h7-17H,6H2,1-5H3. The molecule has 0 radical (unpaired) electrons. The second-order valence-corrected chi connectivity index (χ2v) is 8.48. The van der Waals surface area contributed by atoms with Crippen LogP contribution in [0.25, 0.3) is 0 Å². The van der Waals surface area contributed by atoms with Crippen LogP contribution in [0.3, 0.4) is 0 Å². The predicted molar refractivity (Wildman–Crippen MR) is 122 cm³/mol. The second kappa shape index (κ2) is 9.17. The van der Waals surface area contributed by atoms with Crippen molar-refractivity contribution in [2.24, 2.45) is 0 Å². The van der Waals surface area contributed by atoms with E-state index < -0.39 is 11.9 Å². The molecule has 0 saturated carbocycles. The van der Waals surface area contributed by atoms with Crippen LogP contribution in [0, 0.1) is 6.92 Å². The third kappa shape index (κ3) is 5.02. The van der Waals surface area contributed by atoms with Crippen molar-refractivity contribution in [1.82, 2.24) is 0 Å². The normalized spacial score (nSPS) is 11.1. The molecular weight excluding hydrogens is 388 g/mol. The number of hydrogen-bond acceptors (Lipinski definition) is 4. The first-order chi connectivity index (χ1) is 14.7. The summed E-state index contributed by atoms with van der Waals surface area (Å²) in [6, 6.07) is 19.6. The summed E-state index contributed by atoms with van der Waals surface area (Å²) in [4.78, 5) is 25.7. The maximum atomic E-state index is 12.9. The van der Waals surface area contributed by atoms with Gasteiger partial charge in [-0.25, -0.2) is 9.59 Å². The number of benzene rings is 3. The van der Waals surface area contributed by atoms with Gasteiger partial charge >= 0.3 is 11.9 Å². The summed E-state index contributed by atoms with van der Waals surface area (Å²) in [5.41, 5.74) is 3.33. The molecule has 0 aromatic heterocycles. The highest BCUT2D eigenvalue weighted by atomic mass is 16.6. The molecule has 0 atom stereocenters. The molecule has 0 N–H and O–H groups in total. The molecule has 0 saturated heterocycles. The van der Waals surface area contributed by atoms with Crippen molar-refractivity contribution in [3.8, 4) is 11.5 Å². The Kier molecular flexibility index (Phi) is 6.59. The molecule has 3 rings (SSSR count). The molecule has 0 aliphatic heterocycles. The fourth-order valence-electron chi connectivity index (χ4n) is 3.51. The smallest absolute Gasteiger partial charge is 0.343 e. The lowest BCUT2D eigenvalue weighted by atomic mass is 9.82. The Morgan fingerprint density at radius 1 is 0.774 bits per heavy atom. The van der Waals surface area contributed by atoms with Crippen LogP contribution in [-0.2, 0) is 11.8 Å². The number of rotatable bonds is 5. The van der Waals surface area contributed by atoms with Gasteiger partial charge in [-0.1, -0.05) is 70.2 Å². The Morgan fingerprint density at radius 3 is 1.65 bits per heavy atom. The zero-order chi connectivity index (χ0) is 22.6. The van der Waals surface area contributed by atoms with Crippen LogP contribution < -0.4 is 9.47 Å². The zero-order valence-corrected chi connectivity index (χ0v) is 18.7. The maximum absolute atomic E-state index is 12.9. The SMILES string of the molecule is CCc1cc(C(C)(C)C)c(C)c(OC(=O)c2ccccc2)c1OC(=O)c1ccccc1. The van der Waals surface area contributed by atoms with E-state index in [9.17, 15) is 9.59 Å². The molecule has 0 aliphatic rings. The van der Waals surface area contributed by atoms with Gasteiger partial charge in [0, 0.05) is 0 Å². The average Bonchev–Trinajstić information content (AvgIpc) is 2.76. The number of carbonyl (C=O) groups excluding carboxylic acids is 2. The highest BCUT2D eigenvalue weighted by Crippen LogP contribution is 2.42. The van der Waals surface area contributed by atoms with E-state index in [1.807, 2.05) is 32.0 Å². The molecule has 0 spiro atoms. The van der Waals surface area contributed by atoms with E-state index in [1.165, 1.54) is 0 Å². The molecule has 3 aromatic carbocycles. The van der Waals surface area contributed by atoms with E-state index in [4.69, 9.17) is 9.47 Å². The average molecular weight is 417 g/mol. The van der Waals surface area contributed by atoms with Gasteiger partial charge in [0.05, 0.1) is 11.1 Å². The van der Waals surface area contributed by atoms with E-state index in [1.54, 1.807) is 48.5 Å². The highest BCUT2D eigenvalue weighted by Gasteiger charge is 2.27. The first kappa shape index (κ1) is 22.3. The minimum absolute atomic E-state index is 0.177. The third-order valence-corrected chi connectivity index (χ3v) is 5.16. The molecular formula is C27H28O4. The van der Waals surface area contributed by atoms with Crippen molar-refractivity contribution >= 4 is 11.9 Å². The van der Waals surface area contributed by atoms with Gasteiger partial charge in [0.25, 0.3) is 0 Å². The molecule has 0 bridgehead atoms. The summed E-state index contributed by atoms with van der Waals surface area (Å²) >= 11 is 0. The zero-order valence-electron chi connectivity index (χ0n) is 18.7. The van der Waals surface area contributed by atoms with Crippen molar-refractivity contribution in [3.05, 3.63) is 94.5 Å². The van der Waals surface area contributed by atoms with Gasteiger partial charge in [-0.2, -0.15) is 0 Å².